The van der Waals surface area contributed by atoms with Crippen molar-refractivity contribution in [3.8, 4) is 0 Å². The molecule has 0 bridgehead atoms. The molecular formula is C7H10O2S. The molecule has 0 N–H and O–H groups in total. The fraction of sp³-hybridized carbons (Fsp3) is 0.714. The fourth-order valence-corrected chi connectivity index (χ4v) is 2.16. The zero-order valence-electron chi connectivity index (χ0n) is 5.92. The van der Waals surface area contributed by atoms with Crippen molar-refractivity contribution < 1.29 is 9.59 Å². The van der Waals surface area contributed by atoms with Crippen molar-refractivity contribution in [1.82, 2.24) is 0 Å². The van der Waals surface area contributed by atoms with Gasteiger partial charge in [0.25, 0.3) is 0 Å². The third-order valence-electron chi connectivity index (χ3n) is 1.53. The number of hydrogen-bond donors (Lipinski definition) is 0. The maximum atomic E-state index is 10.9. The van der Waals surface area contributed by atoms with Crippen molar-refractivity contribution in [3.05, 3.63) is 0 Å². The van der Waals surface area contributed by atoms with Crippen LogP contribution in [0, 0.1) is 0 Å². The fourth-order valence-electron chi connectivity index (χ4n) is 0.979. The second-order valence-electron chi connectivity index (χ2n) is 2.38. The topological polar surface area (TPSA) is 34.1 Å². The maximum Gasteiger partial charge on any atom is 0.212 e. The number of hydrogen-bond acceptors (Lipinski definition) is 3. The van der Waals surface area contributed by atoms with Gasteiger partial charge in [0, 0.05) is 0 Å². The minimum Gasteiger partial charge on any atom is -0.290 e. The number of rotatable bonds is 2. The molecule has 1 heterocycles. The summed E-state index contributed by atoms with van der Waals surface area (Å²) in [4.78, 5) is 21.6. The van der Waals surface area contributed by atoms with E-state index in [0.29, 0.717) is 5.75 Å². The lowest BCUT2D eigenvalue weighted by atomic mass is 10.1. The van der Waals surface area contributed by atoms with Crippen LogP contribution in [0.25, 0.3) is 0 Å². The first kappa shape index (κ1) is 7.79. The lowest BCUT2D eigenvalue weighted by Gasteiger charge is -2.00. The predicted octanol–water partition coefficient (Wildman–Crippen LogP) is 1.04. The minimum absolute atomic E-state index is 0.0162. The molecule has 0 aromatic rings. The Morgan fingerprint density at radius 2 is 2.30 bits per heavy atom. The Hall–Kier alpha value is -0.310. The third kappa shape index (κ3) is 1.40. The van der Waals surface area contributed by atoms with Crippen LogP contribution in [-0.4, -0.2) is 22.6 Å². The number of Topliss-reactive ketones (excluding diaryl/α,β-unsaturated/α-hetero) is 2. The molecule has 56 valence electrons. The summed E-state index contributed by atoms with van der Waals surface area (Å²) in [5, 5.41) is -0.0162. The van der Waals surface area contributed by atoms with Gasteiger partial charge in [-0.2, -0.15) is 0 Å². The monoisotopic (exact) mass is 158 g/mol. The summed E-state index contributed by atoms with van der Waals surface area (Å²) in [6.07, 6.45) is 1.84. The molecule has 0 radical (unpaired) electrons. The lowest BCUT2D eigenvalue weighted by Crippen LogP contribution is -2.17. The average molecular weight is 158 g/mol. The Kier molecular flexibility index (Phi) is 2.49. The van der Waals surface area contributed by atoms with Crippen molar-refractivity contribution >= 4 is 23.3 Å². The minimum atomic E-state index is -0.191. The van der Waals surface area contributed by atoms with Gasteiger partial charge in [0.1, 0.15) is 0 Å². The molecule has 2 nitrogen and oxygen atoms in total. The zero-order chi connectivity index (χ0) is 7.56. The Balaban J connectivity index is 2.49. The second-order valence-corrected chi connectivity index (χ2v) is 3.57. The Bertz CT molecular complexity index is 165. The average Bonchev–Trinajstić information content (AvgIpc) is 2.20. The molecule has 0 aromatic carbocycles. The van der Waals surface area contributed by atoms with Crippen molar-refractivity contribution in [1.29, 1.82) is 0 Å². The van der Waals surface area contributed by atoms with Crippen LogP contribution in [-0.2, 0) is 9.59 Å². The smallest absolute Gasteiger partial charge is 0.212 e. The van der Waals surface area contributed by atoms with E-state index in [0.717, 1.165) is 12.8 Å². The van der Waals surface area contributed by atoms with Crippen molar-refractivity contribution in [3.63, 3.8) is 0 Å². The van der Waals surface area contributed by atoms with Gasteiger partial charge in [-0.05, 0) is 6.42 Å². The van der Waals surface area contributed by atoms with E-state index in [1.807, 2.05) is 6.92 Å². The molecule has 1 unspecified atom stereocenters. The molecule has 0 spiro atoms. The van der Waals surface area contributed by atoms with E-state index in [9.17, 15) is 9.59 Å². The molecular weight excluding hydrogens is 148 g/mol. The highest BCUT2D eigenvalue weighted by atomic mass is 32.2. The van der Waals surface area contributed by atoms with Gasteiger partial charge in [0.2, 0.25) is 11.6 Å². The highest BCUT2D eigenvalue weighted by molar-refractivity contribution is 8.02. The van der Waals surface area contributed by atoms with Crippen LogP contribution in [0.1, 0.15) is 19.8 Å². The number of carbonyl (C=O) groups is 2. The summed E-state index contributed by atoms with van der Waals surface area (Å²) >= 11 is 1.48. The number of ketones is 2. The molecule has 1 atom stereocenters. The van der Waals surface area contributed by atoms with Crippen LogP contribution >= 0.6 is 11.8 Å². The molecule has 0 amide bonds. The summed E-state index contributed by atoms with van der Waals surface area (Å²) in [7, 11) is 0. The van der Waals surface area contributed by atoms with Crippen LogP contribution in [0.4, 0.5) is 0 Å². The normalized spacial score (nSPS) is 25.9. The van der Waals surface area contributed by atoms with Crippen LogP contribution in [0.15, 0.2) is 0 Å². The van der Waals surface area contributed by atoms with Crippen LogP contribution in [0.5, 0.6) is 0 Å². The van der Waals surface area contributed by atoms with E-state index in [-0.39, 0.29) is 16.8 Å². The van der Waals surface area contributed by atoms with Gasteiger partial charge >= 0.3 is 0 Å². The molecule has 0 aliphatic carbocycles. The molecule has 1 aliphatic heterocycles. The molecule has 1 saturated heterocycles. The highest BCUT2D eigenvalue weighted by Gasteiger charge is 2.31. The summed E-state index contributed by atoms with van der Waals surface area (Å²) in [6, 6.07) is 0. The second kappa shape index (κ2) is 3.19. The SMILES string of the molecule is CCCC1SCC(=O)C1=O. The summed E-state index contributed by atoms with van der Waals surface area (Å²) < 4.78 is 0. The van der Waals surface area contributed by atoms with E-state index in [2.05, 4.69) is 0 Å². The largest absolute Gasteiger partial charge is 0.290 e. The zero-order valence-corrected chi connectivity index (χ0v) is 6.74. The van der Waals surface area contributed by atoms with Gasteiger partial charge < -0.3 is 0 Å². The number of thioether (sulfide) groups is 1. The number of carbonyl (C=O) groups excluding carboxylic acids is 2. The van der Waals surface area contributed by atoms with Gasteiger partial charge in [-0.1, -0.05) is 13.3 Å². The standard InChI is InChI=1S/C7H10O2S/c1-2-3-6-7(9)5(8)4-10-6/h6H,2-4H2,1H3. The molecule has 0 saturated carbocycles. The third-order valence-corrected chi connectivity index (χ3v) is 2.81. The first-order valence-corrected chi connectivity index (χ1v) is 4.49. The summed E-state index contributed by atoms with van der Waals surface area (Å²) in [6.45, 7) is 2.02. The van der Waals surface area contributed by atoms with Gasteiger partial charge in [-0.3, -0.25) is 9.59 Å². The van der Waals surface area contributed by atoms with E-state index < -0.39 is 0 Å². The molecule has 10 heavy (non-hydrogen) atoms. The lowest BCUT2D eigenvalue weighted by molar-refractivity contribution is -0.134. The Morgan fingerprint density at radius 3 is 2.70 bits per heavy atom. The van der Waals surface area contributed by atoms with Crippen LogP contribution < -0.4 is 0 Å². The predicted molar refractivity (Wildman–Crippen MR) is 41.2 cm³/mol. The first-order chi connectivity index (χ1) is 4.75. The Labute approximate surface area is 64.4 Å². The summed E-state index contributed by atoms with van der Waals surface area (Å²) in [5.74, 6) is 0.0547. The van der Waals surface area contributed by atoms with E-state index >= 15 is 0 Å². The van der Waals surface area contributed by atoms with Crippen molar-refractivity contribution in [2.75, 3.05) is 5.75 Å². The van der Waals surface area contributed by atoms with Gasteiger partial charge in [0.05, 0.1) is 11.0 Å². The molecule has 1 rings (SSSR count). The molecule has 1 fully saturated rings. The van der Waals surface area contributed by atoms with E-state index in [1.54, 1.807) is 0 Å². The quantitative estimate of drug-likeness (QED) is 0.563. The highest BCUT2D eigenvalue weighted by Crippen LogP contribution is 2.24. The van der Waals surface area contributed by atoms with Crippen LogP contribution in [0.3, 0.4) is 0 Å². The van der Waals surface area contributed by atoms with E-state index in [4.69, 9.17) is 0 Å². The van der Waals surface area contributed by atoms with Crippen molar-refractivity contribution in [2.24, 2.45) is 0 Å². The Morgan fingerprint density at radius 1 is 1.60 bits per heavy atom. The summed E-state index contributed by atoms with van der Waals surface area (Å²) in [5.41, 5.74) is 0. The van der Waals surface area contributed by atoms with Crippen LogP contribution in [0.2, 0.25) is 0 Å². The van der Waals surface area contributed by atoms with Crippen molar-refractivity contribution in [2.45, 2.75) is 25.0 Å². The first-order valence-electron chi connectivity index (χ1n) is 3.44. The van der Waals surface area contributed by atoms with Gasteiger partial charge in [0.15, 0.2) is 0 Å². The van der Waals surface area contributed by atoms with E-state index in [1.165, 1.54) is 11.8 Å². The molecule has 0 aromatic heterocycles. The van der Waals surface area contributed by atoms with Gasteiger partial charge in [-0.25, -0.2) is 0 Å². The molecule has 1 aliphatic rings. The van der Waals surface area contributed by atoms with Gasteiger partial charge in [-0.15, -0.1) is 11.8 Å². The molecule has 3 heteroatoms. The maximum absolute atomic E-state index is 10.9.